The molecule has 1 atom stereocenters. The van der Waals surface area contributed by atoms with Gasteiger partial charge in [-0.3, -0.25) is 0 Å². The Balaban J connectivity index is 2.53. The first-order valence-corrected chi connectivity index (χ1v) is 6.20. The molecule has 3 heteroatoms. The second-order valence-electron chi connectivity index (χ2n) is 5.20. The average molecular weight is 231 g/mol. The highest BCUT2D eigenvalue weighted by Crippen LogP contribution is 2.24. The molecule has 92 valence electrons. The molecule has 0 radical (unpaired) electrons. The van der Waals surface area contributed by atoms with Crippen molar-refractivity contribution in [2.24, 2.45) is 11.7 Å². The van der Waals surface area contributed by atoms with E-state index in [1.54, 1.807) is 0 Å². The predicted molar refractivity (Wildman–Crippen MR) is 71.0 cm³/mol. The van der Waals surface area contributed by atoms with Crippen molar-refractivity contribution in [3.63, 3.8) is 0 Å². The van der Waals surface area contributed by atoms with Crippen LogP contribution in [0, 0.1) is 19.8 Å². The Morgan fingerprint density at radius 2 is 2.06 bits per heavy atom. The molecular formula is C14H21N3. The molecule has 2 heterocycles. The zero-order valence-corrected chi connectivity index (χ0v) is 11.1. The van der Waals surface area contributed by atoms with Gasteiger partial charge in [0.15, 0.2) is 0 Å². The Morgan fingerprint density at radius 3 is 2.71 bits per heavy atom. The van der Waals surface area contributed by atoms with Gasteiger partial charge >= 0.3 is 0 Å². The van der Waals surface area contributed by atoms with Crippen molar-refractivity contribution in [2.75, 3.05) is 0 Å². The van der Waals surface area contributed by atoms with Crippen LogP contribution < -0.4 is 5.73 Å². The molecule has 0 saturated heterocycles. The third kappa shape index (κ3) is 2.20. The highest BCUT2D eigenvalue weighted by molar-refractivity contribution is 5.50. The van der Waals surface area contributed by atoms with Crippen molar-refractivity contribution in [3.05, 3.63) is 35.3 Å². The van der Waals surface area contributed by atoms with E-state index in [9.17, 15) is 0 Å². The van der Waals surface area contributed by atoms with E-state index in [2.05, 4.69) is 48.5 Å². The maximum absolute atomic E-state index is 6.30. The smallest absolute Gasteiger partial charge is 0.140 e. The maximum atomic E-state index is 6.30. The minimum atomic E-state index is 0.0619. The molecule has 1 unspecified atom stereocenters. The number of pyridine rings is 1. The highest BCUT2D eigenvalue weighted by atomic mass is 15.0. The summed E-state index contributed by atoms with van der Waals surface area (Å²) in [6, 6.07) is 4.20. The molecule has 0 saturated carbocycles. The lowest BCUT2D eigenvalue weighted by atomic mass is 10.0. The fourth-order valence-corrected chi connectivity index (χ4v) is 2.40. The van der Waals surface area contributed by atoms with Gasteiger partial charge < -0.3 is 10.1 Å². The Hall–Kier alpha value is -1.35. The molecule has 0 spiro atoms. The predicted octanol–water partition coefficient (Wildman–Crippen LogP) is 3.00. The van der Waals surface area contributed by atoms with E-state index in [1.807, 2.05) is 6.92 Å². The molecule has 0 aliphatic carbocycles. The summed E-state index contributed by atoms with van der Waals surface area (Å²) in [6.45, 7) is 8.52. The molecule has 0 fully saturated rings. The summed E-state index contributed by atoms with van der Waals surface area (Å²) in [5.74, 6) is 0.597. The van der Waals surface area contributed by atoms with Gasteiger partial charge in [-0.05, 0) is 37.8 Å². The first-order valence-electron chi connectivity index (χ1n) is 6.20. The Kier molecular flexibility index (Phi) is 3.20. The molecule has 2 aromatic heterocycles. The molecule has 2 aromatic rings. The third-order valence-electron chi connectivity index (χ3n) is 3.14. The lowest BCUT2D eigenvalue weighted by Gasteiger charge is -2.15. The lowest BCUT2D eigenvalue weighted by molar-refractivity contribution is 0.498. The molecule has 0 bridgehead atoms. The van der Waals surface area contributed by atoms with Crippen LogP contribution >= 0.6 is 0 Å². The van der Waals surface area contributed by atoms with Crippen molar-refractivity contribution in [3.8, 4) is 0 Å². The summed E-state index contributed by atoms with van der Waals surface area (Å²) in [5, 5.41) is 0. The first kappa shape index (κ1) is 12.1. The quantitative estimate of drug-likeness (QED) is 0.882. The number of aromatic nitrogens is 2. The van der Waals surface area contributed by atoms with E-state index < -0.39 is 0 Å². The summed E-state index contributed by atoms with van der Waals surface area (Å²) in [5.41, 5.74) is 10.7. The number of nitrogens with two attached hydrogens (primary N) is 1. The Bertz CT molecular complexity index is 525. The number of hydrogen-bond acceptors (Lipinski definition) is 2. The van der Waals surface area contributed by atoms with Gasteiger partial charge in [0.05, 0.1) is 11.4 Å². The maximum Gasteiger partial charge on any atom is 0.140 e. The molecule has 0 aliphatic heterocycles. The monoisotopic (exact) mass is 231 g/mol. The van der Waals surface area contributed by atoms with Crippen molar-refractivity contribution in [2.45, 2.75) is 40.2 Å². The van der Waals surface area contributed by atoms with E-state index in [0.717, 1.165) is 23.5 Å². The summed E-state index contributed by atoms with van der Waals surface area (Å²) >= 11 is 0. The zero-order chi connectivity index (χ0) is 12.6. The Labute approximate surface area is 103 Å². The summed E-state index contributed by atoms with van der Waals surface area (Å²) in [6.07, 6.45) is 3.04. The number of nitrogens with zero attached hydrogens (tertiary/aromatic N) is 2. The summed E-state index contributed by atoms with van der Waals surface area (Å²) < 4.78 is 2.14. The van der Waals surface area contributed by atoms with Gasteiger partial charge in [0, 0.05) is 12.2 Å². The van der Waals surface area contributed by atoms with Crippen LogP contribution in [0.1, 0.15) is 43.3 Å². The Morgan fingerprint density at radius 1 is 1.35 bits per heavy atom. The van der Waals surface area contributed by atoms with Gasteiger partial charge in [0.1, 0.15) is 5.65 Å². The molecule has 2 N–H and O–H groups in total. The van der Waals surface area contributed by atoms with Crippen LogP contribution in [0.15, 0.2) is 18.3 Å². The standard InChI is InChI=1S/C14H21N3/c1-9(2)8-12(15)13-11(4)16-14-10(3)6-5-7-17(13)14/h5-7,9,12H,8,15H2,1-4H3. The summed E-state index contributed by atoms with van der Waals surface area (Å²) in [4.78, 5) is 4.62. The van der Waals surface area contributed by atoms with Crippen LogP contribution in [-0.2, 0) is 0 Å². The van der Waals surface area contributed by atoms with E-state index in [-0.39, 0.29) is 6.04 Å². The van der Waals surface area contributed by atoms with Gasteiger partial charge in [-0.2, -0.15) is 0 Å². The van der Waals surface area contributed by atoms with Gasteiger partial charge in [0.25, 0.3) is 0 Å². The second-order valence-corrected chi connectivity index (χ2v) is 5.20. The number of fused-ring (bicyclic) bond motifs is 1. The fourth-order valence-electron chi connectivity index (χ4n) is 2.40. The lowest BCUT2D eigenvalue weighted by Crippen LogP contribution is -2.16. The first-order chi connectivity index (χ1) is 8.00. The normalized spacial score (nSPS) is 13.5. The highest BCUT2D eigenvalue weighted by Gasteiger charge is 2.17. The van der Waals surface area contributed by atoms with E-state index in [4.69, 9.17) is 5.73 Å². The third-order valence-corrected chi connectivity index (χ3v) is 3.14. The minimum absolute atomic E-state index is 0.0619. The largest absolute Gasteiger partial charge is 0.323 e. The number of aryl methyl sites for hydroxylation is 2. The second kappa shape index (κ2) is 4.49. The number of rotatable bonds is 3. The number of hydrogen-bond donors (Lipinski definition) is 1. The van der Waals surface area contributed by atoms with Crippen LogP contribution in [0.2, 0.25) is 0 Å². The molecular weight excluding hydrogens is 210 g/mol. The zero-order valence-electron chi connectivity index (χ0n) is 11.1. The number of imidazole rings is 1. The van der Waals surface area contributed by atoms with Gasteiger partial charge in [0.2, 0.25) is 0 Å². The van der Waals surface area contributed by atoms with Crippen molar-refractivity contribution in [1.82, 2.24) is 9.38 Å². The summed E-state index contributed by atoms with van der Waals surface area (Å²) in [7, 11) is 0. The molecule has 3 nitrogen and oxygen atoms in total. The van der Waals surface area contributed by atoms with Crippen LogP contribution in [0.3, 0.4) is 0 Å². The fraction of sp³-hybridized carbons (Fsp3) is 0.500. The van der Waals surface area contributed by atoms with E-state index in [0.29, 0.717) is 5.92 Å². The molecule has 17 heavy (non-hydrogen) atoms. The molecule has 2 rings (SSSR count). The van der Waals surface area contributed by atoms with Crippen LogP contribution in [-0.4, -0.2) is 9.38 Å². The van der Waals surface area contributed by atoms with Gasteiger partial charge in [-0.1, -0.05) is 19.9 Å². The van der Waals surface area contributed by atoms with Crippen molar-refractivity contribution in [1.29, 1.82) is 0 Å². The van der Waals surface area contributed by atoms with Gasteiger partial charge in [-0.15, -0.1) is 0 Å². The SMILES string of the molecule is Cc1nc2c(C)cccn2c1C(N)CC(C)C. The molecule has 0 aromatic carbocycles. The van der Waals surface area contributed by atoms with Crippen LogP contribution in [0.4, 0.5) is 0 Å². The minimum Gasteiger partial charge on any atom is -0.323 e. The van der Waals surface area contributed by atoms with E-state index >= 15 is 0 Å². The average Bonchev–Trinajstić information content (AvgIpc) is 2.55. The topological polar surface area (TPSA) is 43.3 Å². The molecule has 0 aliphatic rings. The van der Waals surface area contributed by atoms with E-state index in [1.165, 1.54) is 5.56 Å². The van der Waals surface area contributed by atoms with Crippen LogP contribution in [0.25, 0.3) is 5.65 Å². The van der Waals surface area contributed by atoms with Crippen molar-refractivity contribution >= 4 is 5.65 Å². The molecule has 0 amide bonds. The van der Waals surface area contributed by atoms with Crippen molar-refractivity contribution < 1.29 is 0 Å². The van der Waals surface area contributed by atoms with Gasteiger partial charge in [-0.25, -0.2) is 4.98 Å². The van der Waals surface area contributed by atoms with Crippen LogP contribution in [0.5, 0.6) is 0 Å².